The van der Waals surface area contributed by atoms with Gasteiger partial charge < -0.3 is 15.4 Å². The number of methoxy groups -OCH3 is 1. The minimum absolute atomic E-state index is 0.0482. The van der Waals surface area contributed by atoms with Crippen LogP contribution in [-0.2, 0) is 17.5 Å². The van der Waals surface area contributed by atoms with Crippen LogP contribution in [0.4, 0.5) is 18.9 Å². The zero-order chi connectivity index (χ0) is 14.6. The van der Waals surface area contributed by atoms with Gasteiger partial charge in [0.05, 0.1) is 12.2 Å². The Balaban J connectivity index is 3.09. The summed E-state index contributed by atoms with van der Waals surface area (Å²) in [6, 6.07) is 3.68. The Hall–Kier alpha value is -1.27. The van der Waals surface area contributed by atoms with Gasteiger partial charge in [-0.2, -0.15) is 13.2 Å². The van der Waals surface area contributed by atoms with Crippen molar-refractivity contribution in [2.45, 2.75) is 25.7 Å². The molecule has 108 valence electrons. The van der Waals surface area contributed by atoms with E-state index >= 15 is 0 Å². The van der Waals surface area contributed by atoms with Gasteiger partial charge in [-0.25, -0.2) is 0 Å². The molecule has 0 aliphatic carbocycles. The Labute approximate surface area is 111 Å². The minimum Gasteiger partial charge on any atom is -0.383 e. The SMILES string of the molecule is COCC(C)N(C)c1ccc(C(F)(F)F)cc1CN. The molecule has 0 heterocycles. The van der Waals surface area contributed by atoms with Crippen LogP contribution in [0.5, 0.6) is 0 Å². The normalized spacial score (nSPS) is 13.4. The molecule has 0 saturated heterocycles. The average molecular weight is 276 g/mol. The first kappa shape index (κ1) is 15.8. The van der Waals surface area contributed by atoms with Gasteiger partial charge in [-0.3, -0.25) is 0 Å². The molecule has 0 aliphatic heterocycles. The highest BCUT2D eigenvalue weighted by Crippen LogP contribution is 2.33. The number of rotatable bonds is 5. The van der Waals surface area contributed by atoms with Crippen LogP contribution in [0.1, 0.15) is 18.1 Å². The average Bonchev–Trinajstić information content (AvgIpc) is 2.36. The third-order valence-electron chi connectivity index (χ3n) is 3.08. The molecule has 3 nitrogen and oxygen atoms in total. The van der Waals surface area contributed by atoms with Crippen LogP contribution in [0.2, 0.25) is 0 Å². The molecule has 0 bridgehead atoms. The highest BCUT2D eigenvalue weighted by atomic mass is 19.4. The highest BCUT2D eigenvalue weighted by Gasteiger charge is 2.31. The van der Waals surface area contributed by atoms with Crippen molar-refractivity contribution in [1.82, 2.24) is 0 Å². The molecule has 1 aromatic rings. The predicted molar refractivity (Wildman–Crippen MR) is 69.1 cm³/mol. The summed E-state index contributed by atoms with van der Waals surface area (Å²) in [5.74, 6) is 0. The van der Waals surface area contributed by atoms with Crippen molar-refractivity contribution < 1.29 is 17.9 Å². The molecule has 1 aromatic carbocycles. The molecule has 0 fully saturated rings. The van der Waals surface area contributed by atoms with E-state index in [0.29, 0.717) is 17.9 Å². The lowest BCUT2D eigenvalue weighted by molar-refractivity contribution is -0.137. The molecule has 0 aromatic heterocycles. The van der Waals surface area contributed by atoms with Gasteiger partial charge in [-0.15, -0.1) is 0 Å². The number of nitrogens with zero attached hydrogens (tertiary/aromatic N) is 1. The van der Waals surface area contributed by atoms with Crippen LogP contribution in [0.15, 0.2) is 18.2 Å². The number of hydrogen-bond donors (Lipinski definition) is 1. The van der Waals surface area contributed by atoms with Crippen LogP contribution >= 0.6 is 0 Å². The second-order valence-corrected chi connectivity index (χ2v) is 4.46. The van der Waals surface area contributed by atoms with Gasteiger partial charge >= 0.3 is 6.18 Å². The van der Waals surface area contributed by atoms with Crippen LogP contribution in [0.3, 0.4) is 0 Å². The summed E-state index contributed by atoms with van der Waals surface area (Å²) in [7, 11) is 3.40. The fraction of sp³-hybridized carbons (Fsp3) is 0.538. The van der Waals surface area contributed by atoms with Crippen molar-refractivity contribution in [2.24, 2.45) is 5.73 Å². The molecular formula is C13H19F3N2O. The van der Waals surface area contributed by atoms with E-state index in [-0.39, 0.29) is 12.6 Å². The Bertz CT molecular complexity index is 421. The lowest BCUT2D eigenvalue weighted by Crippen LogP contribution is -2.33. The molecule has 1 unspecified atom stereocenters. The number of alkyl halides is 3. The summed E-state index contributed by atoms with van der Waals surface area (Å²) in [5, 5.41) is 0. The van der Waals surface area contributed by atoms with Crippen LogP contribution < -0.4 is 10.6 Å². The van der Waals surface area contributed by atoms with Gasteiger partial charge in [-0.05, 0) is 30.7 Å². The van der Waals surface area contributed by atoms with Crippen LogP contribution in [0.25, 0.3) is 0 Å². The van der Waals surface area contributed by atoms with Gasteiger partial charge in [0, 0.05) is 32.4 Å². The smallest absolute Gasteiger partial charge is 0.383 e. The maximum absolute atomic E-state index is 12.6. The van der Waals surface area contributed by atoms with Gasteiger partial charge in [0.25, 0.3) is 0 Å². The molecule has 0 spiro atoms. The quantitative estimate of drug-likeness (QED) is 0.898. The van der Waals surface area contributed by atoms with Crippen molar-refractivity contribution in [3.8, 4) is 0 Å². The molecule has 0 aliphatic rings. The van der Waals surface area contributed by atoms with Gasteiger partial charge in [0.15, 0.2) is 0 Å². The van der Waals surface area contributed by atoms with Gasteiger partial charge in [0.1, 0.15) is 0 Å². The van der Waals surface area contributed by atoms with Crippen molar-refractivity contribution >= 4 is 5.69 Å². The second-order valence-electron chi connectivity index (χ2n) is 4.46. The molecular weight excluding hydrogens is 257 g/mol. The Kier molecular flexibility index (Phi) is 5.20. The standard InChI is InChI=1S/C13H19F3N2O/c1-9(8-19-3)18(2)12-5-4-11(13(14,15)16)6-10(12)7-17/h4-6,9H,7-8,17H2,1-3H3. The minimum atomic E-state index is -4.35. The molecule has 0 saturated carbocycles. The van der Waals surface area contributed by atoms with Crippen LogP contribution in [-0.4, -0.2) is 26.8 Å². The first-order chi connectivity index (χ1) is 8.81. The van der Waals surface area contributed by atoms with E-state index in [2.05, 4.69) is 0 Å². The molecule has 2 N–H and O–H groups in total. The second kappa shape index (κ2) is 6.25. The fourth-order valence-electron chi connectivity index (χ4n) is 1.86. The number of benzene rings is 1. The maximum Gasteiger partial charge on any atom is 0.416 e. The molecule has 0 amide bonds. The zero-order valence-corrected chi connectivity index (χ0v) is 11.3. The van der Waals surface area contributed by atoms with E-state index in [1.165, 1.54) is 6.07 Å². The molecule has 19 heavy (non-hydrogen) atoms. The number of halogens is 3. The summed E-state index contributed by atoms with van der Waals surface area (Å²) in [4.78, 5) is 1.87. The largest absolute Gasteiger partial charge is 0.416 e. The third kappa shape index (κ3) is 3.84. The molecule has 6 heteroatoms. The maximum atomic E-state index is 12.6. The Morgan fingerprint density at radius 2 is 2.00 bits per heavy atom. The summed E-state index contributed by atoms with van der Waals surface area (Å²) >= 11 is 0. The number of anilines is 1. The van der Waals surface area contributed by atoms with E-state index in [1.807, 2.05) is 18.9 Å². The van der Waals surface area contributed by atoms with Crippen molar-refractivity contribution in [3.63, 3.8) is 0 Å². The molecule has 0 radical (unpaired) electrons. The molecule has 1 rings (SSSR count). The van der Waals surface area contributed by atoms with Crippen molar-refractivity contribution in [2.75, 3.05) is 25.7 Å². The van der Waals surface area contributed by atoms with E-state index in [4.69, 9.17) is 10.5 Å². The van der Waals surface area contributed by atoms with Crippen LogP contribution in [0, 0.1) is 0 Å². The van der Waals surface area contributed by atoms with Gasteiger partial charge in [0.2, 0.25) is 0 Å². The van der Waals surface area contributed by atoms with Gasteiger partial charge in [-0.1, -0.05) is 0 Å². The first-order valence-electron chi connectivity index (χ1n) is 5.93. The summed E-state index contributed by atoms with van der Waals surface area (Å²) in [6.45, 7) is 2.48. The van der Waals surface area contributed by atoms with Crippen molar-refractivity contribution in [3.05, 3.63) is 29.3 Å². The summed E-state index contributed by atoms with van der Waals surface area (Å²) < 4.78 is 43.0. The first-order valence-corrected chi connectivity index (χ1v) is 5.93. The van der Waals surface area contributed by atoms with E-state index in [0.717, 1.165) is 12.1 Å². The Morgan fingerprint density at radius 3 is 2.47 bits per heavy atom. The number of likely N-dealkylation sites (N-methyl/N-ethyl adjacent to an activating group) is 1. The Morgan fingerprint density at radius 1 is 1.37 bits per heavy atom. The van der Waals surface area contributed by atoms with E-state index in [1.54, 1.807) is 7.11 Å². The highest BCUT2D eigenvalue weighted by molar-refractivity contribution is 5.55. The fourth-order valence-corrected chi connectivity index (χ4v) is 1.86. The van der Waals surface area contributed by atoms with Crippen molar-refractivity contribution in [1.29, 1.82) is 0 Å². The predicted octanol–water partition coefficient (Wildman–Crippen LogP) is 2.64. The molecule has 1 atom stereocenters. The number of nitrogens with two attached hydrogens (primary N) is 1. The lowest BCUT2D eigenvalue weighted by atomic mass is 10.1. The van der Waals surface area contributed by atoms with E-state index < -0.39 is 11.7 Å². The third-order valence-corrected chi connectivity index (χ3v) is 3.08. The summed E-state index contributed by atoms with van der Waals surface area (Å²) in [6.07, 6.45) is -4.35. The number of hydrogen-bond acceptors (Lipinski definition) is 3. The topological polar surface area (TPSA) is 38.5 Å². The monoisotopic (exact) mass is 276 g/mol. The lowest BCUT2D eigenvalue weighted by Gasteiger charge is -2.28. The zero-order valence-electron chi connectivity index (χ0n) is 11.3. The summed E-state index contributed by atoms with van der Waals surface area (Å²) in [5.41, 5.74) is 6.04. The van der Waals surface area contributed by atoms with E-state index in [9.17, 15) is 13.2 Å². The number of ether oxygens (including phenoxy) is 1.